The van der Waals surface area contributed by atoms with Crippen LogP contribution in [0.25, 0.3) is 0 Å². The van der Waals surface area contributed by atoms with E-state index in [-0.39, 0.29) is 5.69 Å². The van der Waals surface area contributed by atoms with E-state index in [4.69, 9.17) is 0 Å². The monoisotopic (exact) mass is 345 g/mol. The first-order valence-electron chi connectivity index (χ1n) is 3.83. The molecule has 0 aromatic carbocycles. The first kappa shape index (κ1) is 12.6. The quantitative estimate of drug-likeness (QED) is 0.850. The van der Waals surface area contributed by atoms with Gasteiger partial charge in [0.2, 0.25) is 0 Å². The van der Waals surface area contributed by atoms with Crippen LogP contribution in [0.15, 0.2) is 10.7 Å². The van der Waals surface area contributed by atoms with E-state index in [1.165, 1.54) is 4.68 Å². The predicted octanol–water partition coefficient (Wildman–Crippen LogP) is 1.90. The average molecular weight is 347 g/mol. The molecule has 0 fully saturated rings. The van der Waals surface area contributed by atoms with Crippen LogP contribution in [-0.2, 0) is 7.05 Å². The average Bonchev–Trinajstić information content (AvgIpc) is 2.40. The van der Waals surface area contributed by atoms with Crippen molar-refractivity contribution in [1.82, 2.24) is 15.1 Å². The Kier molecular flexibility index (Phi) is 3.82. The fourth-order valence-corrected chi connectivity index (χ4v) is 1.57. The summed E-state index contributed by atoms with van der Waals surface area (Å²) in [7, 11) is 1.63. The summed E-state index contributed by atoms with van der Waals surface area (Å²) in [6.45, 7) is -0.783. The van der Waals surface area contributed by atoms with Crippen LogP contribution >= 0.6 is 31.9 Å². The minimum atomic E-state index is -3.11. The minimum Gasteiger partial charge on any atom is -0.344 e. The molecule has 1 heterocycles. The number of hydrogen-bond acceptors (Lipinski definition) is 2. The Morgan fingerprint density at radius 3 is 2.73 bits per heavy atom. The van der Waals surface area contributed by atoms with Gasteiger partial charge in [-0.25, -0.2) is 0 Å². The summed E-state index contributed by atoms with van der Waals surface area (Å²) in [5.41, 5.74) is 0.0780. The van der Waals surface area contributed by atoms with Crippen molar-refractivity contribution >= 4 is 37.8 Å². The van der Waals surface area contributed by atoms with Gasteiger partial charge in [0.05, 0.1) is 11.0 Å². The van der Waals surface area contributed by atoms with Crippen LogP contribution < -0.4 is 5.32 Å². The van der Waals surface area contributed by atoms with Gasteiger partial charge in [-0.2, -0.15) is 13.9 Å². The molecule has 8 heteroatoms. The maximum absolute atomic E-state index is 12.4. The molecule has 1 rings (SSSR count). The van der Waals surface area contributed by atoms with Gasteiger partial charge in [0.25, 0.3) is 5.91 Å². The number of alkyl halides is 3. The summed E-state index contributed by atoms with van der Waals surface area (Å²) in [4.78, 5) is 8.25. The molecule has 15 heavy (non-hydrogen) atoms. The first-order chi connectivity index (χ1) is 6.79. The lowest BCUT2D eigenvalue weighted by molar-refractivity contribution is 0.0830. The summed E-state index contributed by atoms with van der Waals surface area (Å²) >= 11 is 5.21. The van der Waals surface area contributed by atoms with Crippen molar-refractivity contribution in [2.75, 3.05) is 6.54 Å². The molecular weight excluding hydrogens is 340 g/mol. The molecule has 1 amide bonds. The van der Waals surface area contributed by atoms with Crippen molar-refractivity contribution in [1.29, 1.82) is 0 Å². The van der Waals surface area contributed by atoms with E-state index in [0.29, 0.717) is 4.47 Å². The Morgan fingerprint density at radius 2 is 2.33 bits per heavy atom. The van der Waals surface area contributed by atoms with Crippen LogP contribution in [-0.4, -0.2) is 27.1 Å². The zero-order valence-corrected chi connectivity index (χ0v) is 10.8. The van der Waals surface area contributed by atoms with Crippen LogP contribution in [0.3, 0.4) is 0 Å². The Morgan fingerprint density at radius 1 is 1.73 bits per heavy atom. The van der Waals surface area contributed by atoms with E-state index < -0.39 is 17.3 Å². The Bertz CT molecular complexity index is 375. The van der Waals surface area contributed by atoms with Crippen LogP contribution in [0.2, 0.25) is 0 Å². The molecule has 0 aliphatic rings. The molecular formula is C7H7Br2F2N3O. The normalized spacial score (nSPS) is 11.5. The molecule has 0 unspecified atom stereocenters. The molecule has 1 aromatic rings. The van der Waals surface area contributed by atoms with E-state index in [2.05, 4.69) is 42.3 Å². The van der Waals surface area contributed by atoms with Crippen molar-refractivity contribution in [3.05, 3.63) is 16.4 Å². The fraction of sp³-hybridized carbons (Fsp3) is 0.429. The molecule has 0 bridgehead atoms. The van der Waals surface area contributed by atoms with Crippen LogP contribution in [0.1, 0.15) is 10.5 Å². The molecule has 0 aliphatic heterocycles. The van der Waals surface area contributed by atoms with E-state index in [9.17, 15) is 13.6 Å². The molecule has 0 spiro atoms. The van der Waals surface area contributed by atoms with Gasteiger partial charge in [0.1, 0.15) is 0 Å². The molecule has 1 aromatic heterocycles. The topological polar surface area (TPSA) is 46.9 Å². The first-order valence-corrected chi connectivity index (χ1v) is 5.42. The van der Waals surface area contributed by atoms with Crippen molar-refractivity contribution in [3.63, 3.8) is 0 Å². The van der Waals surface area contributed by atoms with Gasteiger partial charge in [0, 0.05) is 13.2 Å². The summed E-state index contributed by atoms with van der Waals surface area (Å²) in [6, 6.07) is 0. The van der Waals surface area contributed by atoms with Gasteiger partial charge in [0.15, 0.2) is 5.69 Å². The third kappa shape index (κ3) is 3.86. The summed E-state index contributed by atoms with van der Waals surface area (Å²) in [5.74, 6) is -0.651. The Hall–Kier alpha value is -0.500. The highest BCUT2D eigenvalue weighted by Gasteiger charge is 2.25. The molecule has 0 radical (unpaired) electrons. The fourth-order valence-electron chi connectivity index (χ4n) is 0.878. The third-order valence-electron chi connectivity index (χ3n) is 1.45. The van der Waals surface area contributed by atoms with Gasteiger partial charge in [-0.3, -0.25) is 9.48 Å². The highest BCUT2D eigenvalue weighted by molar-refractivity contribution is 9.10. The van der Waals surface area contributed by atoms with Gasteiger partial charge in [-0.05, 0) is 31.9 Å². The molecule has 84 valence electrons. The number of hydrogen-bond donors (Lipinski definition) is 1. The standard InChI is InChI=1S/C7H7Br2F2N3O/c1-14-2-4(8)5(13-14)6(15)12-3-7(9,10)11/h2H,3H2,1H3,(H,12,15). The molecule has 0 aliphatic carbocycles. The second kappa shape index (κ2) is 4.56. The maximum atomic E-state index is 12.4. The number of aromatic nitrogens is 2. The smallest absolute Gasteiger partial charge is 0.318 e. The van der Waals surface area contributed by atoms with E-state index in [1.54, 1.807) is 13.2 Å². The van der Waals surface area contributed by atoms with Crippen molar-refractivity contribution in [3.8, 4) is 0 Å². The molecule has 0 atom stereocenters. The zero-order valence-electron chi connectivity index (χ0n) is 7.60. The number of rotatable bonds is 3. The number of amides is 1. The molecule has 0 saturated carbocycles. The summed E-state index contributed by atoms with van der Waals surface area (Å²) in [6.07, 6.45) is 1.56. The third-order valence-corrected chi connectivity index (χ3v) is 2.31. The number of carbonyl (C=O) groups excluding carboxylic acids is 1. The molecule has 0 saturated heterocycles. The molecule has 1 N–H and O–H groups in total. The van der Waals surface area contributed by atoms with Crippen LogP contribution in [0.5, 0.6) is 0 Å². The SMILES string of the molecule is Cn1cc(Br)c(C(=O)NCC(F)(F)Br)n1. The van der Waals surface area contributed by atoms with Gasteiger partial charge < -0.3 is 5.32 Å². The predicted molar refractivity (Wildman–Crippen MR) is 57.1 cm³/mol. The van der Waals surface area contributed by atoms with Crippen molar-refractivity contribution in [2.45, 2.75) is 4.83 Å². The van der Waals surface area contributed by atoms with E-state index >= 15 is 0 Å². The van der Waals surface area contributed by atoms with Crippen LogP contribution in [0.4, 0.5) is 8.78 Å². The number of aryl methyl sites for hydroxylation is 1. The number of nitrogens with one attached hydrogen (secondary N) is 1. The van der Waals surface area contributed by atoms with Gasteiger partial charge in [-0.1, -0.05) is 0 Å². The lowest BCUT2D eigenvalue weighted by atomic mass is 10.4. The highest BCUT2D eigenvalue weighted by atomic mass is 79.9. The van der Waals surface area contributed by atoms with Crippen molar-refractivity contribution in [2.24, 2.45) is 7.05 Å². The largest absolute Gasteiger partial charge is 0.344 e. The Labute approximate surface area is 101 Å². The number of nitrogens with zero attached hydrogens (tertiary/aromatic N) is 2. The number of carbonyl (C=O) groups is 1. The zero-order chi connectivity index (χ0) is 11.6. The van der Waals surface area contributed by atoms with Crippen molar-refractivity contribution < 1.29 is 13.6 Å². The van der Waals surface area contributed by atoms with Crippen LogP contribution in [0, 0.1) is 0 Å². The lowest BCUT2D eigenvalue weighted by Gasteiger charge is -2.08. The minimum absolute atomic E-state index is 0.0780. The second-order valence-electron chi connectivity index (χ2n) is 2.80. The van der Waals surface area contributed by atoms with Gasteiger partial charge >= 0.3 is 4.83 Å². The lowest BCUT2D eigenvalue weighted by Crippen LogP contribution is -2.33. The van der Waals surface area contributed by atoms with E-state index in [0.717, 1.165) is 0 Å². The summed E-state index contributed by atoms with van der Waals surface area (Å²) in [5, 5.41) is 5.86. The molecule has 4 nitrogen and oxygen atoms in total. The Balaban J connectivity index is 2.66. The second-order valence-corrected chi connectivity index (χ2v) is 4.81. The number of halogens is 4. The highest BCUT2D eigenvalue weighted by Crippen LogP contribution is 2.20. The van der Waals surface area contributed by atoms with E-state index in [1.807, 2.05) is 0 Å². The van der Waals surface area contributed by atoms with Gasteiger partial charge in [-0.15, -0.1) is 0 Å². The maximum Gasteiger partial charge on any atom is 0.318 e. The summed E-state index contributed by atoms with van der Waals surface area (Å²) < 4.78 is 26.6.